The number of benzene rings is 1. The third-order valence-electron chi connectivity index (χ3n) is 2.97. The average molecular weight is 243 g/mol. The highest BCUT2D eigenvalue weighted by molar-refractivity contribution is 5.57. The van der Waals surface area contributed by atoms with Crippen molar-refractivity contribution in [2.45, 2.75) is 32.7 Å². The van der Waals surface area contributed by atoms with Gasteiger partial charge < -0.3 is 9.73 Å². The number of rotatable bonds is 6. The van der Waals surface area contributed by atoms with E-state index in [0.29, 0.717) is 6.04 Å². The van der Waals surface area contributed by atoms with Crippen LogP contribution in [-0.2, 0) is 6.42 Å². The predicted octanol–water partition coefficient (Wildman–Crippen LogP) is 3.88. The third kappa shape index (κ3) is 3.47. The maximum atomic E-state index is 5.88. The summed E-state index contributed by atoms with van der Waals surface area (Å²) in [6, 6.07) is 14.8. The molecule has 0 aliphatic heterocycles. The summed E-state index contributed by atoms with van der Waals surface area (Å²) in [4.78, 5) is 0. The van der Waals surface area contributed by atoms with E-state index in [-0.39, 0.29) is 0 Å². The van der Waals surface area contributed by atoms with Gasteiger partial charge in [-0.3, -0.25) is 0 Å². The molecule has 0 bridgehead atoms. The second-order valence-electron chi connectivity index (χ2n) is 4.69. The molecule has 2 aromatic rings. The van der Waals surface area contributed by atoms with Crippen LogP contribution >= 0.6 is 0 Å². The van der Waals surface area contributed by atoms with E-state index in [4.69, 9.17) is 4.42 Å². The Hall–Kier alpha value is -1.54. The van der Waals surface area contributed by atoms with Gasteiger partial charge in [0.15, 0.2) is 0 Å². The van der Waals surface area contributed by atoms with Crippen molar-refractivity contribution in [1.82, 2.24) is 5.32 Å². The number of hydrogen-bond donors (Lipinski definition) is 1. The second kappa shape index (κ2) is 6.41. The van der Waals surface area contributed by atoms with Crippen molar-refractivity contribution in [2.75, 3.05) is 6.54 Å². The Labute approximate surface area is 109 Å². The Morgan fingerprint density at radius 2 is 1.89 bits per heavy atom. The molecule has 2 rings (SSSR count). The number of nitrogens with one attached hydrogen (secondary N) is 1. The highest BCUT2D eigenvalue weighted by atomic mass is 16.3. The van der Waals surface area contributed by atoms with Gasteiger partial charge in [-0.05, 0) is 32.0 Å². The molecule has 2 heteroatoms. The van der Waals surface area contributed by atoms with Gasteiger partial charge in [-0.25, -0.2) is 0 Å². The van der Waals surface area contributed by atoms with Gasteiger partial charge >= 0.3 is 0 Å². The third-order valence-corrected chi connectivity index (χ3v) is 2.97. The molecule has 96 valence electrons. The minimum Gasteiger partial charge on any atom is -0.461 e. The first-order chi connectivity index (χ1) is 8.79. The SMILES string of the molecule is CCCNC(C)Cc1ccc(-c2ccccc2)o1. The van der Waals surface area contributed by atoms with E-state index in [2.05, 4.69) is 43.4 Å². The summed E-state index contributed by atoms with van der Waals surface area (Å²) in [5.74, 6) is 2.00. The fourth-order valence-electron chi connectivity index (χ4n) is 2.01. The molecule has 1 heterocycles. The maximum absolute atomic E-state index is 5.88. The van der Waals surface area contributed by atoms with Crippen molar-refractivity contribution in [3.05, 3.63) is 48.2 Å². The van der Waals surface area contributed by atoms with Gasteiger partial charge in [0.2, 0.25) is 0 Å². The monoisotopic (exact) mass is 243 g/mol. The van der Waals surface area contributed by atoms with Crippen LogP contribution in [0.4, 0.5) is 0 Å². The molecule has 0 saturated carbocycles. The average Bonchev–Trinajstić information content (AvgIpc) is 2.86. The second-order valence-corrected chi connectivity index (χ2v) is 4.69. The van der Waals surface area contributed by atoms with Gasteiger partial charge in [0, 0.05) is 18.0 Å². The van der Waals surface area contributed by atoms with Crippen LogP contribution in [0.1, 0.15) is 26.0 Å². The molecule has 1 aromatic carbocycles. The van der Waals surface area contributed by atoms with Crippen LogP contribution in [-0.4, -0.2) is 12.6 Å². The molecule has 0 radical (unpaired) electrons. The van der Waals surface area contributed by atoms with Crippen molar-refractivity contribution in [3.8, 4) is 11.3 Å². The Bertz CT molecular complexity index is 461. The maximum Gasteiger partial charge on any atom is 0.134 e. The first-order valence-electron chi connectivity index (χ1n) is 6.67. The lowest BCUT2D eigenvalue weighted by Crippen LogP contribution is -2.28. The van der Waals surface area contributed by atoms with Crippen molar-refractivity contribution in [1.29, 1.82) is 0 Å². The number of hydrogen-bond acceptors (Lipinski definition) is 2. The fraction of sp³-hybridized carbons (Fsp3) is 0.375. The molecule has 2 nitrogen and oxygen atoms in total. The van der Waals surface area contributed by atoms with Gasteiger partial charge in [-0.2, -0.15) is 0 Å². The van der Waals surface area contributed by atoms with E-state index in [1.165, 1.54) is 0 Å². The Balaban J connectivity index is 1.98. The topological polar surface area (TPSA) is 25.2 Å². The highest BCUT2D eigenvalue weighted by Crippen LogP contribution is 2.22. The standard InChI is InChI=1S/C16H21NO/c1-3-11-17-13(2)12-15-9-10-16(18-15)14-7-5-4-6-8-14/h4-10,13,17H,3,11-12H2,1-2H3. The van der Waals surface area contributed by atoms with Crippen molar-refractivity contribution < 1.29 is 4.42 Å². The van der Waals surface area contributed by atoms with E-state index in [0.717, 1.165) is 36.5 Å². The smallest absolute Gasteiger partial charge is 0.134 e. The van der Waals surface area contributed by atoms with Gasteiger partial charge in [-0.1, -0.05) is 37.3 Å². The van der Waals surface area contributed by atoms with Crippen LogP contribution in [0.2, 0.25) is 0 Å². The van der Waals surface area contributed by atoms with Gasteiger partial charge in [0.1, 0.15) is 11.5 Å². The van der Waals surface area contributed by atoms with E-state index in [1.807, 2.05) is 18.2 Å². The predicted molar refractivity (Wildman–Crippen MR) is 75.6 cm³/mol. The molecule has 1 aromatic heterocycles. The van der Waals surface area contributed by atoms with E-state index in [1.54, 1.807) is 0 Å². The molecule has 0 fully saturated rings. The largest absolute Gasteiger partial charge is 0.461 e. The molecular weight excluding hydrogens is 222 g/mol. The van der Waals surface area contributed by atoms with Crippen molar-refractivity contribution in [3.63, 3.8) is 0 Å². The van der Waals surface area contributed by atoms with Gasteiger partial charge in [0.05, 0.1) is 0 Å². The van der Waals surface area contributed by atoms with Crippen LogP contribution in [0.15, 0.2) is 46.9 Å². The van der Waals surface area contributed by atoms with Crippen LogP contribution in [0.25, 0.3) is 11.3 Å². The summed E-state index contributed by atoms with van der Waals surface area (Å²) in [6.07, 6.45) is 2.10. The molecular formula is C16H21NO. The highest BCUT2D eigenvalue weighted by Gasteiger charge is 2.07. The first-order valence-corrected chi connectivity index (χ1v) is 6.67. The molecule has 18 heavy (non-hydrogen) atoms. The molecule has 1 unspecified atom stereocenters. The first kappa shape index (κ1) is 12.9. The van der Waals surface area contributed by atoms with Gasteiger partial charge in [0.25, 0.3) is 0 Å². The minimum absolute atomic E-state index is 0.458. The lowest BCUT2D eigenvalue weighted by Gasteiger charge is -2.10. The minimum atomic E-state index is 0.458. The van der Waals surface area contributed by atoms with Crippen LogP contribution in [0.5, 0.6) is 0 Å². The summed E-state index contributed by atoms with van der Waals surface area (Å²) < 4.78 is 5.88. The number of furan rings is 1. The van der Waals surface area contributed by atoms with Crippen molar-refractivity contribution in [2.24, 2.45) is 0 Å². The zero-order valence-electron chi connectivity index (χ0n) is 11.1. The lowest BCUT2D eigenvalue weighted by atomic mass is 10.2. The van der Waals surface area contributed by atoms with Crippen molar-refractivity contribution >= 4 is 0 Å². The van der Waals surface area contributed by atoms with E-state index in [9.17, 15) is 0 Å². The Morgan fingerprint density at radius 3 is 2.61 bits per heavy atom. The zero-order chi connectivity index (χ0) is 12.8. The molecule has 0 amide bonds. The molecule has 1 N–H and O–H groups in total. The fourth-order valence-corrected chi connectivity index (χ4v) is 2.01. The lowest BCUT2D eigenvalue weighted by molar-refractivity contribution is 0.464. The molecule has 0 aliphatic carbocycles. The zero-order valence-corrected chi connectivity index (χ0v) is 11.1. The normalized spacial score (nSPS) is 12.6. The van der Waals surface area contributed by atoms with E-state index >= 15 is 0 Å². The molecule has 0 aliphatic rings. The van der Waals surface area contributed by atoms with Gasteiger partial charge in [-0.15, -0.1) is 0 Å². The Kier molecular flexibility index (Phi) is 4.59. The summed E-state index contributed by atoms with van der Waals surface area (Å²) in [6.45, 7) is 5.44. The van der Waals surface area contributed by atoms with Crippen LogP contribution in [0, 0.1) is 0 Å². The van der Waals surface area contributed by atoms with Crippen LogP contribution < -0.4 is 5.32 Å². The molecule has 0 saturated heterocycles. The Morgan fingerprint density at radius 1 is 1.11 bits per heavy atom. The molecule has 1 atom stereocenters. The summed E-state index contributed by atoms with van der Waals surface area (Å²) in [5, 5.41) is 3.47. The summed E-state index contributed by atoms with van der Waals surface area (Å²) in [5.41, 5.74) is 1.14. The van der Waals surface area contributed by atoms with E-state index < -0.39 is 0 Å². The quantitative estimate of drug-likeness (QED) is 0.833. The molecule has 0 spiro atoms. The summed E-state index contributed by atoms with van der Waals surface area (Å²) >= 11 is 0. The summed E-state index contributed by atoms with van der Waals surface area (Å²) in [7, 11) is 0. The van der Waals surface area contributed by atoms with Crippen LogP contribution in [0.3, 0.4) is 0 Å².